The van der Waals surface area contributed by atoms with Gasteiger partial charge in [0, 0.05) is 15.4 Å². The van der Waals surface area contributed by atoms with Crippen molar-refractivity contribution in [2.24, 2.45) is 0 Å². The minimum atomic E-state index is -0.203. The molecule has 0 bridgehead atoms. The molecule has 28 heavy (non-hydrogen) atoms. The number of fused-ring (bicyclic) bond motifs is 2. The van der Waals surface area contributed by atoms with E-state index < -0.39 is 0 Å². The molecule has 0 spiro atoms. The zero-order valence-corrected chi connectivity index (χ0v) is 16.4. The van der Waals surface area contributed by atoms with Crippen LogP contribution in [0.4, 0.5) is 0 Å². The first-order chi connectivity index (χ1) is 13.6. The molecule has 6 nitrogen and oxygen atoms in total. The SMILES string of the molecule is Cc1nc2nc3c(cc2c(=O)[nH]1)c(-c1ccc(Br)cc1)nn3-c1ccccc1. The Kier molecular flexibility index (Phi) is 3.84. The highest BCUT2D eigenvalue weighted by Gasteiger charge is 2.17. The second-order valence-electron chi connectivity index (χ2n) is 6.48. The molecule has 0 fully saturated rings. The Morgan fingerprint density at radius 3 is 2.46 bits per heavy atom. The van der Waals surface area contributed by atoms with Crippen molar-refractivity contribution >= 4 is 38.0 Å². The van der Waals surface area contributed by atoms with E-state index in [1.807, 2.05) is 60.7 Å². The van der Waals surface area contributed by atoms with E-state index in [-0.39, 0.29) is 5.56 Å². The van der Waals surface area contributed by atoms with Crippen molar-refractivity contribution in [3.05, 3.63) is 81.3 Å². The molecule has 0 aliphatic rings. The third-order valence-corrected chi connectivity index (χ3v) is 5.10. The van der Waals surface area contributed by atoms with Crippen LogP contribution in [0.3, 0.4) is 0 Å². The smallest absolute Gasteiger partial charge is 0.260 e. The van der Waals surface area contributed by atoms with E-state index in [9.17, 15) is 4.79 Å². The third kappa shape index (κ3) is 2.71. The molecule has 0 atom stereocenters. The average molecular weight is 432 g/mol. The highest BCUT2D eigenvalue weighted by atomic mass is 79.9. The first kappa shape index (κ1) is 16.8. The maximum Gasteiger partial charge on any atom is 0.260 e. The van der Waals surface area contributed by atoms with E-state index in [0.29, 0.717) is 22.5 Å². The van der Waals surface area contributed by atoms with Crippen molar-refractivity contribution in [1.29, 1.82) is 0 Å². The molecule has 5 rings (SSSR count). The fraction of sp³-hybridized carbons (Fsp3) is 0.0476. The molecule has 7 heteroatoms. The zero-order valence-electron chi connectivity index (χ0n) is 14.8. The summed E-state index contributed by atoms with van der Waals surface area (Å²) in [7, 11) is 0. The van der Waals surface area contributed by atoms with Crippen LogP contribution in [-0.4, -0.2) is 24.7 Å². The van der Waals surface area contributed by atoms with Gasteiger partial charge in [0.05, 0.1) is 11.1 Å². The summed E-state index contributed by atoms with van der Waals surface area (Å²) in [5, 5.41) is 6.08. The predicted molar refractivity (Wildman–Crippen MR) is 113 cm³/mol. The number of halogens is 1. The number of nitrogens with one attached hydrogen (secondary N) is 1. The molecule has 0 saturated heterocycles. The molecule has 0 unspecified atom stereocenters. The molecule has 3 heterocycles. The van der Waals surface area contributed by atoms with E-state index >= 15 is 0 Å². The summed E-state index contributed by atoms with van der Waals surface area (Å²) in [5.41, 5.74) is 3.47. The van der Waals surface area contributed by atoms with Gasteiger partial charge in [0.2, 0.25) is 0 Å². The summed E-state index contributed by atoms with van der Waals surface area (Å²) < 4.78 is 2.78. The number of aryl methyl sites for hydroxylation is 1. The molecular weight excluding hydrogens is 418 g/mol. The number of hydrogen-bond donors (Lipinski definition) is 1. The van der Waals surface area contributed by atoms with Crippen LogP contribution in [0.25, 0.3) is 39.0 Å². The van der Waals surface area contributed by atoms with Gasteiger partial charge in [-0.2, -0.15) is 5.10 Å². The lowest BCUT2D eigenvalue weighted by Gasteiger charge is -2.03. The van der Waals surface area contributed by atoms with Gasteiger partial charge >= 0.3 is 0 Å². The monoisotopic (exact) mass is 431 g/mol. The van der Waals surface area contributed by atoms with Gasteiger partial charge in [0.25, 0.3) is 5.56 Å². The van der Waals surface area contributed by atoms with E-state index in [4.69, 9.17) is 10.1 Å². The lowest BCUT2D eigenvalue weighted by atomic mass is 10.1. The van der Waals surface area contributed by atoms with Crippen LogP contribution in [0.5, 0.6) is 0 Å². The maximum atomic E-state index is 12.4. The molecule has 1 N–H and O–H groups in total. The van der Waals surface area contributed by atoms with Crippen molar-refractivity contribution in [1.82, 2.24) is 24.7 Å². The predicted octanol–water partition coefficient (Wildman–Crippen LogP) is 4.39. The highest BCUT2D eigenvalue weighted by molar-refractivity contribution is 9.10. The van der Waals surface area contributed by atoms with Crippen LogP contribution in [0.2, 0.25) is 0 Å². The lowest BCUT2D eigenvalue weighted by molar-refractivity contribution is 0.901. The first-order valence-electron chi connectivity index (χ1n) is 8.72. The van der Waals surface area contributed by atoms with Gasteiger partial charge in [-0.15, -0.1) is 0 Å². The third-order valence-electron chi connectivity index (χ3n) is 4.57. The summed E-state index contributed by atoms with van der Waals surface area (Å²) >= 11 is 3.47. The molecular formula is C21H14BrN5O. The maximum absolute atomic E-state index is 12.4. The van der Waals surface area contributed by atoms with Crippen LogP contribution in [0.1, 0.15) is 5.82 Å². The zero-order chi connectivity index (χ0) is 19.3. The van der Waals surface area contributed by atoms with Crippen molar-refractivity contribution in [3.8, 4) is 16.9 Å². The Labute approximate surface area is 168 Å². The van der Waals surface area contributed by atoms with Crippen LogP contribution in [0, 0.1) is 6.92 Å². The van der Waals surface area contributed by atoms with Crippen molar-refractivity contribution in [3.63, 3.8) is 0 Å². The van der Waals surface area contributed by atoms with Gasteiger partial charge < -0.3 is 4.98 Å². The van der Waals surface area contributed by atoms with Gasteiger partial charge in [-0.25, -0.2) is 14.6 Å². The topological polar surface area (TPSA) is 76.5 Å². The van der Waals surface area contributed by atoms with Gasteiger partial charge in [-0.1, -0.05) is 46.3 Å². The second-order valence-corrected chi connectivity index (χ2v) is 7.40. The number of nitrogens with zero attached hydrogens (tertiary/aromatic N) is 4. The molecule has 5 aromatic rings. The van der Waals surface area contributed by atoms with Crippen LogP contribution in [-0.2, 0) is 0 Å². The Bertz CT molecular complexity index is 1390. The molecule has 0 aliphatic carbocycles. The van der Waals surface area contributed by atoms with E-state index in [2.05, 4.69) is 25.9 Å². The number of benzene rings is 2. The molecule has 3 aromatic heterocycles. The second kappa shape index (κ2) is 6.38. The number of aromatic amines is 1. The fourth-order valence-electron chi connectivity index (χ4n) is 3.27. The minimum Gasteiger partial charge on any atom is -0.310 e. The standard InChI is InChI=1S/C21H14BrN5O/c1-12-23-19-17(21(28)24-12)11-16-18(13-7-9-14(22)10-8-13)26-27(20(16)25-19)15-5-3-2-4-6-15/h2-11H,1H3,(H,23,24,25,28). The number of rotatable bonds is 2. The molecule has 0 amide bonds. The number of aromatic nitrogens is 5. The van der Waals surface area contributed by atoms with Crippen molar-refractivity contribution < 1.29 is 0 Å². The molecule has 0 saturated carbocycles. The van der Waals surface area contributed by atoms with Gasteiger partial charge in [0.1, 0.15) is 11.5 Å². The van der Waals surface area contributed by atoms with Gasteiger partial charge in [-0.05, 0) is 37.3 Å². The quantitative estimate of drug-likeness (QED) is 0.449. The van der Waals surface area contributed by atoms with E-state index in [0.717, 1.165) is 26.8 Å². The van der Waals surface area contributed by atoms with E-state index in [1.54, 1.807) is 11.6 Å². The Morgan fingerprint density at radius 1 is 0.964 bits per heavy atom. The largest absolute Gasteiger partial charge is 0.310 e. The summed E-state index contributed by atoms with van der Waals surface area (Å²) in [6, 6.07) is 19.5. The van der Waals surface area contributed by atoms with Crippen LogP contribution in [0.15, 0.2) is 69.9 Å². The highest BCUT2D eigenvalue weighted by Crippen LogP contribution is 2.31. The Balaban J connectivity index is 1.90. The summed E-state index contributed by atoms with van der Waals surface area (Å²) in [6.45, 7) is 1.74. The minimum absolute atomic E-state index is 0.203. The van der Waals surface area contributed by atoms with Gasteiger partial charge in [0.15, 0.2) is 11.3 Å². The van der Waals surface area contributed by atoms with Crippen LogP contribution >= 0.6 is 15.9 Å². The number of H-pyrrole nitrogens is 1. The lowest BCUT2D eigenvalue weighted by Crippen LogP contribution is -2.10. The fourth-order valence-corrected chi connectivity index (χ4v) is 3.54. The van der Waals surface area contributed by atoms with E-state index in [1.165, 1.54) is 0 Å². The Hall–Kier alpha value is -3.32. The molecule has 0 radical (unpaired) electrons. The molecule has 2 aromatic carbocycles. The molecule has 136 valence electrons. The van der Waals surface area contributed by atoms with Crippen LogP contribution < -0.4 is 5.56 Å². The summed E-state index contributed by atoms with van der Waals surface area (Å²) in [5.74, 6) is 0.531. The van der Waals surface area contributed by atoms with Crippen molar-refractivity contribution in [2.45, 2.75) is 6.92 Å². The average Bonchev–Trinajstić information content (AvgIpc) is 3.06. The summed E-state index contributed by atoms with van der Waals surface area (Å²) in [4.78, 5) is 24.3. The first-order valence-corrected chi connectivity index (χ1v) is 9.51. The number of pyridine rings is 1. The number of hydrogen-bond acceptors (Lipinski definition) is 4. The Morgan fingerprint density at radius 2 is 1.71 bits per heavy atom. The normalized spacial score (nSPS) is 11.4. The van der Waals surface area contributed by atoms with Crippen molar-refractivity contribution in [2.75, 3.05) is 0 Å². The van der Waals surface area contributed by atoms with Gasteiger partial charge in [-0.3, -0.25) is 4.79 Å². The molecule has 0 aliphatic heterocycles. The number of para-hydroxylation sites is 1. The summed E-state index contributed by atoms with van der Waals surface area (Å²) in [6.07, 6.45) is 0.